The minimum atomic E-state index is -0.353. The van der Waals surface area contributed by atoms with Gasteiger partial charge < -0.3 is 56.8 Å². The molecule has 0 radical (unpaired) electrons. The van der Waals surface area contributed by atoms with Crippen molar-refractivity contribution < 1.29 is 76.0 Å². The number of amides is 4. The van der Waals surface area contributed by atoms with Crippen LogP contribution in [0.1, 0.15) is 393 Å². The zero-order valence-corrected chi connectivity index (χ0v) is 90.0. The minimum absolute atomic E-state index is 0.178. The monoisotopic (exact) mass is 1990 g/mol. The lowest BCUT2D eigenvalue weighted by molar-refractivity contribution is 0.0591. The predicted octanol–water partition coefficient (Wildman–Crippen LogP) is 35.2. The zero-order chi connectivity index (χ0) is 102. The summed E-state index contributed by atoms with van der Waals surface area (Å²) in [4.78, 5) is 63.5. The highest BCUT2D eigenvalue weighted by atomic mass is 16.5. The summed E-state index contributed by atoms with van der Waals surface area (Å²) >= 11 is 0. The summed E-state index contributed by atoms with van der Waals surface area (Å²) in [5.41, 5.74) is 1.81. The molecule has 0 N–H and O–H groups in total. The number of imide groups is 2. The maximum atomic E-state index is 15.2. The van der Waals surface area contributed by atoms with Crippen LogP contribution in [0.2, 0.25) is 0 Å². The van der Waals surface area contributed by atoms with Crippen LogP contribution in [-0.4, -0.2) is 126 Å². The number of carbonyl (C=O) groups excluding carboxylic acids is 4. The van der Waals surface area contributed by atoms with Gasteiger partial charge in [0.05, 0.1) is 79.3 Å². The molecule has 13 aromatic carbocycles. The Bertz CT molecular complexity index is 5910. The van der Waals surface area contributed by atoms with E-state index in [1.54, 1.807) is 0 Å². The van der Waals surface area contributed by atoms with E-state index in [9.17, 15) is 0 Å². The second-order valence-corrected chi connectivity index (χ2v) is 40.9. The molecule has 0 fully saturated rings. The molecule has 18 heteroatoms. The van der Waals surface area contributed by atoms with Crippen molar-refractivity contribution in [3.63, 3.8) is 0 Å². The van der Waals surface area contributed by atoms with Crippen LogP contribution >= 0.6 is 0 Å². The smallest absolute Gasteiger partial charge is 0.261 e. The van der Waals surface area contributed by atoms with Crippen molar-refractivity contribution in [2.24, 2.45) is 0 Å². The molecule has 2 heterocycles. The van der Waals surface area contributed by atoms with E-state index < -0.39 is 0 Å². The van der Waals surface area contributed by atoms with E-state index in [0.717, 1.165) is 400 Å². The molecule has 0 saturated heterocycles. The van der Waals surface area contributed by atoms with E-state index >= 15 is 19.2 Å². The van der Waals surface area contributed by atoms with Gasteiger partial charge in [-0.2, -0.15) is 0 Å². The first kappa shape index (κ1) is 109. The fourth-order valence-corrected chi connectivity index (χ4v) is 21.4. The molecule has 0 unspecified atom stereocenters. The number of hydrogen-bond acceptors (Lipinski definition) is 16. The van der Waals surface area contributed by atoms with E-state index in [1.807, 2.05) is 48.5 Å². The first-order chi connectivity index (χ1) is 71.8. The van der Waals surface area contributed by atoms with Crippen LogP contribution in [0.4, 0.5) is 0 Å². The molecule has 0 aromatic heterocycles. The number of hydrogen-bond donors (Lipinski definition) is 0. The van der Waals surface area contributed by atoms with Crippen molar-refractivity contribution in [1.82, 2.24) is 9.80 Å². The zero-order valence-electron chi connectivity index (χ0n) is 90.0. The van der Waals surface area contributed by atoms with Crippen LogP contribution in [0.5, 0.6) is 69.0 Å². The Labute approximate surface area is 868 Å². The summed E-state index contributed by atoms with van der Waals surface area (Å²) in [6, 6.07) is 41.4. The largest absolute Gasteiger partial charge is 0.490 e. The second kappa shape index (κ2) is 56.1. The van der Waals surface area contributed by atoms with Crippen LogP contribution in [0.3, 0.4) is 0 Å². The third kappa shape index (κ3) is 26.5. The molecule has 146 heavy (non-hydrogen) atoms. The number of unbranched alkanes of at least 4 members (excludes halogenated alkanes) is 32. The molecule has 0 spiro atoms. The molecule has 2 aliphatic rings. The average Bonchev–Trinajstić information content (AvgIpc) is 0.674. The lowest BCUT2D eigenvalue weighted by atomic mass is 9.82. The van der Waals surface area contributed by atoms with Crippen LogP contribution in [0.25, 0.3) is 108 Å². The van der Waals surface area contributed by atoms with Crippen molar-refractivity contribution in [1.29, 1.82) is 0 Å². The summed E-state index contributed by atoms with van der Waals surface area (Å²) < 4.78 is 82.0. The molecule has 18 nitrogen and oxygen atoms in total. The summed E-state index contributed by atoms with van der Waals surface area (Å²) in [6.07, 6.45) is 44.9. The standard InChI is InChI=1S/C128H166N2O16/c1-11-21-31-43-65-135-109-77-97-99-79-111(137-67-45-33-23-13-3)115(141-71-49-37-27-17-7)83-103(99)107-87-119(117(143-73-51-39-29-19-9)85-105(107)101(97)81-113(109)139-69-47-35-25-15-5)145-75-53-41-63-129-125(131)93-59-55-89-91-57-61-95-124-96(62-58-92(122(91)124)90-56-60-94(126(129)132)123(93)121(89)90)128(134)130(127(95)133)64-42-54-76-146-120-88-108-104-84-116(142-72-50-38-28-18-8)112(138-68-46-34-24-14-4)80-100(104)98-78-110(136-66-44-32-22-12-2)114(140-70-48-36-26-16-6)82-102(98)106(108)86-118(120)144-74-52-40-30-20-10/h55-62,77-88H,11-54,63-76H2,1-10H3. The average molecular weight is 1990 g/mol. The maximum Gasteiger partial charge on any atom is 0.261 e. The first-order valence-corrected chi connectivity index (χ1v) is 57.4. The normalized spacial score (nSPS) is 12.7. The Morgan fingerprint density at radius 1 is 0.151 bits per heavy atom. The topological polar surface area (TPSA) is 186 Å². The van der Waals surface area contributed by atoms with Crippen LogP contribution in [0.15, 0.2) is 121 Å². The second-order valence-electron chi connectivity index (χ2n) is 40.9. The third-order valence-electron chi connectivity index (χ3n) is 29.7. The van der Waals surface area contributed by atoms with Crippen molar-refractivity contribution in [3.8, 4) is 69.0 Å². The molecule has 0 aliphatic carbocycles. The van der Waals surface area contributed by atoms with Gasteiger partial charge in [-0.25, -0.2) is 0 Å². The summed E-state index contributed by atoms with van der Waals surface area (Å²) in [7, 11) is 0. The van der Waals surface area contributed by atoms with Gasteiger partial charge in [-0.05, 0) is 284 Å². The summed E-state index contributed by atoms with van der Waals surface area (Å²) in [5.74, 6) is 6.93. The molecule has 2 aliphatic heterocycles. The Morgan fingerprint density at radius 3 is 0.411 bits per heavy atom. The highest BCUT2D eigenvalue weighted by Gasteiger charge is 2.38. The molecule has 0 atom stereocenters. The Morgan fingerprint density at radius 2 is 0.281 bits per heavy atom. The van der Waals surface area contributed by atoms with Crippen molar-refractivity contribution in [3.05, 3.63) is 144 Å². The van der Waals surface area contributed by atoms with Gasteiger partial charge in [0.2, 0.25) is 0 Å². The van der Waals surface area contributed by atoms with Crippen molar-refractivity contribution in [2.75, 3.05) is 92.4 Å². The molecular weight excluding hydrogens is 1820 g/mol. The van der Waals surface area contributed by atoms with Crippen LogP contribution in [-0.2, 0) is 0 Å². The Hall–Kier alpha value is -11.4. The Balaban J connectivity index is 0.681. The minimum Gasteiger partial charge on any atom is -0.490 e. The molecule has 4 amide bonds. The van der Waals surface area contributed by atoms with Crippen molar-refractivity contribution >= 4 is 131 Å². The SMILES string of the molecule is CCCCCCOc1cc2c3cc(OCCCCCC)c(OCCCCCC)cc3c3cc(OCCCCN4C(=O)c5ccc6c7ccc8c9c(ccc(c%10ccc(c5c6%10)C4=O)c97)C(=O)N(CCCCOc4cc5c6cc(OCCCCCC)c(OCCCCCC)cc6c6cc(OCCCCCC)c(OCCCCCC)cc6c5cc4OCCCCCC)C8=O)c(OCCCCCC)cc3c2cc1OCCCCCC. The molecule has 784 valence electrons. The molecule has 0 saturated carbocycles. The van der Waals surface area contributed by atoms with Gasteiger partial charge in [0.1, 0.15) is 0 Å². The first-order valence-electron chi connectivity index (χ1n) is 57.4. The van der Waals surface area contributed by atoms with Crippen LogP contribution in [0, 0.1) is 0 Å². The van der Waals surface area contributed by atoms with Gasteiger partial charge in [-0.15, -0.1) is 0 Å². The van der Waals surface area contributed by atoms with Crippen molar-refractivity contribution in [2.45, 2.75) is 352 Å². The van der Waals surface area contributed by atoms with Gasteiger partial charge in [-0.1, -0.05) is 286 Å². The number of carbonyl (C=O) groups is 4. The fraction of sp³-hybridized carbons (Fsp3) is 0.531. The van der Waals surface area contributed by atoms with Gasteiger partial charge in [0.15, 0.2) is 69.0 Å². The highest BCUT2D eigenvalue weighted by molar-refractivity contribution is 6.41. The molecule has 0 bridgehead atoms. The van der Waals surface area contributed by atoms with E-state index in [0.29, 0.717) is 161 Å². The van der Waals surface area contributed by atoms with E-state index in [-0.39, 0.29) is 36.7 Å². The molecule has 15 rings (SSSR count). The molecule has 13 aromatic rings. The van der Waals surface area contributed by atoms with Crippen LogP contribution < -0.4 is 56.8 Å². The number of fused-ring (bicyclic) bond motifs is 14. The van der Waals surface area contributed by atoms with Gasteiger partial charge in [-0.3, -0.25) is 29.0 Å². The highest BCUT2D eigenvalue weighted by Crippen LogP contribution is 2.53. The van der Waals surface area contributed by atoms with Gasteiger partial charge in [0, 0.05) is 46.1 Å². The number of benzene rings is 13. The Kier molecular flexibility index (Phi) is 41.8. The lowest BCUT2D eigenvalue weighted by Gasteiger charge is -2.30. The summed E-state index contributed by atoms with van der Waals surface area (Å²) in [5, 5.41) is 18.2. The lowest BCUT2D eigenvalue weighted by Crippen LogP contribution is -2.41. The van der Waals surface area contributed by atoms with Gasteiger partial charge >= 0.3 is 0 Å². The third-order valence-corrected chi connectivity index (χ3v) is 29.7. The van der Waals surface area contributed by atoms with E-state index in [2.05, 4.69) is 142 Å². The number of rotatable bonds is 72. The maximum absolute atomic E-state index is 15.2. The van der Waals surface area contributed by atoms with E-state index in [1.165, 1.54) is 9.80 Å². The number of nitrogens with zero attached hydrogens (tertiary/aromatic N) is 2. The molecular formula is C128H166N2O16. The number of ether oxygens (including phenoxy) is 12. The fourth-order valence-electron chi connectivity index (χ4n) is 21.4. The van der Waals surface area contributed by atoms with Gasteiger partial charge in [0.25, 0.3) is 23.6 Å². The van der Waals surface area contributed by atoms with E-state index in [4.69, 9.17) is 56.8 Å². The predicted molar refractivity (Wildman–Crippen MR) is 602 cm³/mol. The summed E-state index contributed by atoms with van der Waals surface area (Å²) in [6.45, 7) is 28.9. The quantitative estimate of drug-likeness (QED) is 0.0152.